The number of rotatable bonds is 6. The van der Waals surface area contributed by atoms with Crippen molar-refractivity contribution in [1.82, 2.24) is 0 Å². The third kappa shape index (κ3) is 5.33. The summed E-state index contributed by atoms with van der Waals surface area (Å²) in [5, 5.41) is 4.91. The molecule has 0 bridgehead atoms. The topological polar surface area (TPSA) is 16.4 Å². The highest BCUT2D eigenvalue weighted by Crippen LogP contribution is 2.51. The third-order valence-electron chi connectivity index (χ3n) is 12.7. The van der Waals surface area contributed by atoms with E-state index in [-0.39, 0.29) is 5.41 Å². The second-order valence-corrected chi connectivity index (χ2v) is 17.5. The molecule has 0 N–H and O–H groups in total. The van der Waals surface area contributed by atoms with E-state index in [0.717, 1.165) is 50.1 Å². The molecule has 0 spiro atoms. The number of furan rings is 1. The number of nitrogens with zero attached hydrogens (tertiary/aromatic N) is 1. The number of benzene rings is 9. The number of anilines is 3. The molecule has 0 unspecified atom stereocenters. The fourth-order valence-electron chi connectivity index (χ4n) is 9.80. The standard InChI is InChI=1S/C57H39NOS/c1-57(2)49-20-7-3-14-44(49)48-35-38(29-34-50(48)57)41-13-4-8-21-51(41)58(39-30-25-36(26-31-39)42-17-12-23-53-55(42)47-16-5-9-22-52(47)59-53)40-32-27-37(28-33-40)43-18-11-19-46-45-15-6-10-24-54(45)60-56(43)46/h3-35H,1-2H3. The molecule has 0 aliphatic heterocycles. The zero-order valence-corrected chi connectivity index (χ0v) is 34.1. The average molecular weight is 786 g/mol. The summed E-state index contributed by atoms with van der Waals surface area (Å²) in [5.74, 6) is 0. The van der Waals surface area contributed by atoms with E-state index >= 15 is 0 Å². The van der Waals surface area contributed by atoms with Gasteiger partial charge in [-0.05, 0) is 105 Å². The number of para-hydroxylation sites is 2. The van der Waals surface area contributed by atoms with Gasteiger partial charge in [0.1, 0.15) is 11.2 Å². The van der Waals surface area contributed by atoms with Gasteiger partial charge in [-0.1, -0.05) is 159 Å². The van der Waals surface area contributed by atoms with Gasteiger partial charge in [0, 0.05) is 53.3 Å². The first-order chi connectivity index (χ1) is 29.5. The van der Waals surface area contributed by atoms with Gasteiger partial charge in [0.15, 0.2) is 0 Å². The van der Waals surface area contributed by atoms with Crippen LogP contribution >= 0.6 is 11.3 Å². The minimum absolute atomic E-state index is 0.0489. The van der Waals surface area contributed by atoms with Crippen molar-refractivity contribution in [2.24, 2.45) is 0 Å². The van der Waals surface area contributed by atoms with Crippen LogP contribution in [0.15, 0.2) is 205 Å². The summed E-state index contributed by atoms with van der Waals surface area (Å²) in [6.07, 6.45) is 0. The second kappa shape index (κ2) is 13.4. The Balaban J connectivity index is 1.01. The van der Waals surface area contributed by atoms with E-state index in [4.69, 9.17) is 4.42 Å². The molecular weight excluding hydrogens is 747 g/mol. The lowest BCUT2D eigenvalue weighted by Crippen LogP contribution is -2.14. The molecule has 0 radical (unpaired) electrons. The highest BCUT2D eigenvalue weighted by atomic mass is 32.1. The van der Waals surface area contributed by atoms with E-state index in [1.54, 1.807) is 0 Å². The van der Waals surface area contributed by atoms with Crippen molar-refractivity contribution in [2.75, 3.05) is 4.90 Å². The smallest absolute Gasteiger partial charge is 0.136 e. The molecule has 0 saturated carbocycles. The highest BCUT2D eigenvalue weighted by molar-refractivity contribution is 7.26. The summed E-state index contributed by atoms with van der Waals surface area (Å²) < 4.78 is 8.92. The zero-order valence-electron chi connectivity index (χ0n) is 33.3. The first-order valence-electron chi connectivity index (χ1n) is 20.7. The second-order valence-electron chi connectivity index (χ2n) is 16.4. The first-order valence-corrected chi connectivity index (χ1v) is 21.5. The van der Waals surface area contributed by atoms with E-state index in [1.165, 1.54) is 64.7 Å². The summed E-state index contributed by atoms with van der Waals surface area (Å²) in [7, 11) is 0. The van der Waals surface area contributed by atoms with Crippen molar-refractivity contribution in [3.05, 3.63) is 211 Å². The monoisotopic (exact) mass is 785 g/mol. The maximum Gasteiger partial charge on any atom is 0.136 e. The minimum atomic E-state index is -0.0489. The molecule has 9 aromatic carbocycles. The Labute approximate surface area is 353 Å². The van der Waals surface area contributed by atoms with Crippen LogP contribution in [0.5, 0.6) is 0 Å². The first kappa shape index (κ1) is 34.8. The molecule has 1 aliphatic carbocycles. The fourth-order valence-corrected chi connectivity index (χ4v) is 11.0. The normalized spacial score (nSPS) is 13.0. The van der Waals surface area contributed by atoms with Crippen molar-refractivity contribution in [3.63, 3.8) is 0 Å². The SMILES string of the molecule is CC1(C)c2ccccc2-c2cc(-c3ccccc3N(c3ccc(-c4cccc5c4sc4ccccc45)cc3)c3ccc(-c4cccc5oc6ccccc6c45)cc3)ccc21. The Kier molecular flexibility index (Phi) is 7.79. The molecule has 0 fully saturated rings. The van der Waals surface area contributed by atoms with Crippen molar-refractivity contribution < 1.29 is 4.42 Å². The van der Waals surface area contributed by atoms with Crippen molar-refractivity contribution in [2.45, 2.75) is 19.3 Å². The van der Waals surface area contributed by atoms with Crippen LogP contribution in [0.3, 0.4) is 0 Å². The largest absolute Gasteiger partial charge is 0.456 e. The van der Waals surface area contributed by atoms with Gasteiger partial charge in [0.25, 0.3) is 0 Å². The Morgan fingerprint density at radius 1 is 0.417 bits per heavy atom. The summed E-state index contributed by atoms with van der Waals surface area (Å²) in [5.41, 5.74) is 17.6. The predicted octanol–water partition coefficient (Wildman–Crippen LogP) is 16.7. The highest BCUT2D eigenvalue weighted by Gasteiger charge is 2.35. The van der Waals surface area contributed by atoms with E-state index in [2.05, 4.69) is 207 Å². The lowest BCUT2D eigenvalue weighted by molar-refractivity contribution is 0.660. The van der Waals surface area contributed by atoms with Crippen LogP contribution in [-0.4, -0.2) is 0 Å². The lowest BCUT2D eigenvalue weighted by atomic mass is 9.82. The molecule has 0 saturated heterocycles. The van der Waals surface area contributed by atoms with Gasteiger partial charge >= 0.3 is 0 Å². The zero-order chi connectivity index (χ0) is 40.0. The lowest BCUT2D eigenvalue weighted by Gasteiger charge is -2.28. The average Bonchev–Trinajstić information content (AvgIpc) is 3.95. The van der Waals surface area contributed by atoms with E-state index in [0.29, 0.717) is 0 Å². The van der Waals surface area contributed by atoms with Crippen LogP contribution in [0, 0.1) is 0 Å². The maximum atomic E-state index is 6.28. The van der Waals surface area contributed by atoms with Crippen LogP contribution in [0.4, 0.5) is 17.1 Å². The summed E-state index contributed by atoms with van der Waals surface area (Å²) in [4.78, 5) is 2.42. The maximum absolute atomic E-state index is 6.28. The predicted molar refractivity (Wildman–Crippen MR) is 255 cm³/mol. The number of hydrogen-bond donors (Lipinski definition) is 0. The van der Waals surface area contributed by atoms with Crippen LogP contribution in [0.1, 0.15) is 25.0 Å². The molecule has 2 nitrogen and oxygen atoms in total. The summed E-state index contributed by atoms with van der Waals surface area (Å²) >= 11 is 1.88. The van der Waals surface area contributed by atoms with Crippen LogP contribution in [0.25, 0.3) is 86.6 Å². The Hall–Kier alpha value is -7.20. The van der Waals surface area contributed by atoms with Gasteiger partial charge in [-0.25, -0.2) is 0 Å². The molecule has 0 atom stereocenters. The van der Waals surface area contributed by atoms with Crippen molar-refractivity contribution in [3.8, 4) is 44.5 Å². The minimum Gasteiger partial charge on any atom is -0.456 e. The van der Waals surface area contributed by atoms with E-state index < -0.39 is 0 Å². The number of thiophene rings is 1. The van der Waals surface area contributed by atoms with Gasteiger partial charge in [-0.3, -0.25) is 0 Å². The van der Waals surface area contributed by atoms with Crippen molar-refractivity contribution >= 4 is 70.5 Å². The van der Waals surface area contributed by atoms with E-state index in [1.807, 2.05) is 23.5 Å². The molecule has 11 aromatic rings. The summed E-state index contributed by atoms with van der Waals surface area (Å²) in [6, 6.07) is 73.1. The van der Waals surface area contributed by atoms with Crippen LogP contribution < -0.4 is 4.90 Å². The molecule has 284 valence electrons. The third-order valence-corrected chi connectivity index (χ3v) is 13.9. The summed E-state index contributed by atoms with van der Waals surface area (Å²) in [6.45, 7) is 4.69. The quantitative estimate of drug-likeness (QED) is 0.167. The Bertz CT molecular complexity index is 3460. The molecule has 60 heavy (non-hydrogen) atoms. The molecule has 0 amide bonds. The van der Waals surface area contributed by atoms with Crippen LogP contribution in [0.2, 0.25) is 0 Å². The van der Waals surface area contributed by atoms with Gasteiger partial charge < -0.3 is 9.32 Å². The van der Waals surface area contributed by atoms with Gasteiger partial charge in [-0.15, -0.1) is 11.3 Å². The number of fused-ring (bicyclic) bond motifs is 9. The fraction of sp³-hybridized carbons (Fsp3) is 0.0526. The Morgan fingerprint density at radius 2 is 0.983 bits per heavy atom. The van der Waals surface area contributed by atoms with Gasteiger partial charge in [0.2, 0.25) is 0 Å². The van der Waals surface area contributed by atoms with Gasteiger partial charge in [0.05, 0.1) is 5.69 Å². The molecule has 1 aliphatic rings. The van der Waals surface area contributed by atoms with Gasteiger partial charge in [-0.2, -0.15) is 0 Å². The molecule has 2 aromatic heterocycles. The molecule has 12 rings (SSSR count). The molecule has 3 heteroatoms. The molecular formula is C57H39NOS. The van der Waals surface area contributed by atoms with Crippen molar-refractivity contribution in [1.29, 1.82) is 0 Å². The van der Waals surface area contributed by atoms with Crippen LogP contribution in [-0.2, 0) is 5.41 Å². The van der Waals surface area contributed by atoms with E-state index in [9.17, 15) is 0 Å². The molecule has 2 heterocycles. The Morgan fingerprint density at radius 3 is 1.80 bits per heavy atom. The number of hydrogen-bond acceptors (Lipinski definition) is 3.